The fourth-order valence-electron chi connectivity index (χ4n) is 5.98. The topological polar surface area (TPSA) is 182 Å². The summed E-state index contributed by atoms with van der Waals surface area (Å²) in [6.07, 6.45) is 2.42. The molecule has 1 aromatic heterocycles. The normalized spacial score (nSPS) is 19.2. The van der Waals surface area contributed by atoms with Crippen molar-refractivity contribution in [3.63, 3.8) is 0 Å². The van der Waals surface area contributed by atoms with Crippen LogP contribution in [0.3, 0.4) is 0 Å². The molecular weight excluding hydrogens is 734 g/mol. The van der Waals surface area contributed by atoms with Crippen LogP contribution < -0.4 is 10.2 Å². The van der Waals surface area contributed by atoms with E-state index in [2.05, 4.69) is 15.2 Å². The summed E-state index contributed by atoms with van der Waals surface area (Å²) < 4.78 is 60.1. The monoisotopic (exact) mass is 766 g/mol. The number of carbonyl (C=O) groups is 3. The van der Waals surface area contributed by atoms with Gasteiger partial charge in [0, 0.05) is 67.0 Å². The molecule has 2 amide bonds. The second kappa shape index (κ2) is 15.8. The van der Waals surface area contributed by atoms with Gasteiger partial charge in [-0.15, -0.1) is 11.3 Å². The van der Waals surface area contributed by atoms with Crippen LogP contribution in [-0.2, 0) is 30.9 Å². The number of urea groups is 1. The van der Waals surface area contributed by atoms with Crippen molar-refractivity contribution in [3.8, 4) is 0 Å². The molecule has 0 spiro atoms. The van der Waals surface area contributed by atoms with E-state index < -0.39 is 39.7 Å². The number of amidine groups is 1. The summed E-state index contributed by atoms with van der Waals surface area (Å²) in [5.41, 5.74) is 1.82. The largest absolute Gasteiger partial charge is 0.481 e. The van der Waals surface area contributed by atoms with Gasteiger partial charge < -0.3 is 20.1 Å². The lowest BCUT2D eigenvalue weighted by Crippen LogP contribution is -2.53. The first-order valence-electron chi connectivity index (χ1n) is 15.4. The number of carboxylic acid groups (broad SMARTS) is 1. The molecule has 272 valence electrons. The Kier molecular flexibility index (Phi) is 11.7. The van der Waals surface area contributed by atoms with Gasteiger partial charge in [0.05, 0.1) is 30.7 Å². The predicted octanol–water partition coefficient (Wildman–Crippen LogP) is 3.74. The number of carbonyl (C=O) groups excluding carboxylic acids is 2. The first-order chi connectivity index (χ1) is 24.1. The van der Waals surface area contributed by atoms with Crippen LogP contribution in [0.2, 0.25) is 5.02 Å². The highest BCUT2D eigenvalue weighted by molar-refractivity contribution is 7.85. The summed E-state index contributed by atoms with van der Waals surface area (Å²) in [5.74, 6) is -2.29. The molecule has 14 nitrogen and oxygen atoms in total. The molecule has 3 aromatic rings. The average Bonchev–Trinajstić information content (AvgIpc) is 3.71. The Morgan fingerprint density at radius 3 is 2.53 bits per heavy atom. The molecule has 51 heavy (non-hydrogen) atoms. The molecule has 6 rings (SSSR count). The molecule has 3 aliphatic heterocycles. The van der Waals surface area contributed by atoms with Gasteiger partial charge in [-0.3, -0.25) is 24.1 Å². The first-order valence-corrected chi connectivity index (χ1v) is 18.5. The number of carboxylic acids is 1. The molecule has 0 bridgehead atoms. The van der Waals surface area contributed by atoms with Gasteiger partial charge in [0.2, 0.25) is 0 Å². The smallest absolute Gasteiger partial charge is 0.338 e. The van der Waals surface area contributed by atoms with Crippen LogP contribution >= 0.6 is 22.9 Å². The molecule has 0 radical (unpaired) electrons. The SMILES string of the molecule is COC(=O)C1=C(CN2CCN3C(=O)N(c4ccc(CCC(=O)O)cc4F)C[C@@H]3C2)NC(c2nccs2)=N[C@H]1c1ccc(F)cc1Cl.CS(=O)(=O)O. The lowest BCUT2D eigenvalue weighted by atomic mass is 9.95. The number of aryl methyl sites for hydroxylation is 1. The zero-order chi connectivity index (χ0) is 37.0. The highest BCUT2D eigenvalue weighted by atomic mass is 35.5. The third-order valence-electron chi connectivity index (χ3n) is 8.17. The molecule has 2 fully saturated rings. The second-order valence-electron chi connectivity index (χ2n) is 11.8. The number of methoxy groups -OCH3 is 1. The predicted molar refractivity (Wildman–Crippen MR) is 184 cm³/mol. The molecule has 19 heteroatoms. The van der Waals surface area contributed by atoms with Crippen LogP contribution in [0, 0.1) is 11.6 Å². The van der Waals surface area contributed by atoms with E-state index in [9.17, 15) is 27.2 Å². The lowest BCUT2D eigenvalue weighted by molar-refractivity contribution is -0.137. The Bertz CT molecular complexity index is 1990. The number of rotatable bonds is 9. The molecule has 3 N–H and O–H groups in total. The summed E-state index contributed by atoms with van der Waals surface area (Å²) in [5, 5.41) is 14.7. The van der Waals surface area contributed by atoms with Crippen molar-refractivity contribution in [2.45, 2.75) is 24.9 Å². The van der Waals surface area contributed by atoms with Crippen molar-refractivity contribution >= 4 is 62.5 Å². The van der Waals surface area contributed by atoms with E-state index in [-0.39, 0.29) is 54.3 Å². The lowest BCUT2D eigenvalue weighted by Gasteiger charge is -2.38. The van der Waals surface area contributed by atoms with Gasteiger partial charge in [-0.05, 0) is 36.2 Å². The highest BCUT2D eigenvalue weighted by Crippen LogP contribution is 2.37. The van der Waals surface area contributed by atoms with Crippen LogP contribution in [0.5, 0.6) is 0 Å². The van der Waals surface area contributed by atoms with Gasteiger partial charge in [-0.2, -0.15) is 8.42 Å². The van der Waals surface area contributed by atoms with Crippen molar-refractivity contribution in [1.82, 2.24) is 20.1 Å². The zero-order valence-corrected chi connectivity index (χ0v) is 29.6. The van der Waals surface area contributed by atoms with Crippen LogP contribution in [0.1, 0.15) is 28.6 Å². The maximum Gasteiger partial charge on any atom is 0.338 e. The minimum absolute atomic E-state index is 0.107. The van der Waals surface area contributed by atoms with E-state index in [1.165, 1.54) is 53.7 Å². The van der Waals surface area contributed by atoms with Gasteiger partial charge in [0.1, 0.15) is 17.7 Å². The van der Waals surface area contributed by atoms with E-state index in [0.717, 1.165) is 0 Å². The number of nitrogens with zero attached hydrogens (tertiary/aromatic N) is 5. The van der Waals surface area contributed by atoms with Crippen molar-refractivity contribution in [3.05, 3.63) is 92.0 Å². The summed E-state index contributed by atoms with van der Waals surface area (Å²) in [4.78, 5) is 51.9. The van der Waals surface area contributed by atoms with E-state index in [1.807, 2.05) is 0 Å². The third kappa shape index (κ3) is 9.25. The van der Waals surface area contributed by atoms with E-state index >= 15 is 4.39 Å². The molecule has 0 aliphatic carbocycles. The summed E-state index contributed by atoms with van der Waals surface area (Å²) >= 11 is 7.81. The van der Waals surface area contributed by atoms with Crippen LogP contribution in [0.15, 0.2) is 64.2 Å². The maximum absolute atomic E-state index is 15.1. The number of hydrogen-bond donors (Lipinski definition) is 3. The number of aliphatic imine (C=N–C) groups is 1. The summed E-state index contributed by atoms with van der Waals surface area (Å²) in [7, 11) is -2.40. The van der Waals surface area contributed by atoms with E-state index in [4.69, 9.17) is 31.0 Å². The Morgan fingerprint density at radius 1 is 1.16 bits per heavy atom. The van der Waals surface area contributed by atoms with Crippen molar-refractivity contribution in [1.29, 1.82) is 0 Å². The zero-order valence-electron chi connectivity index (χ0n) is 27.3. The number of thiazole rings is 1. The van der Waals surface area contributed by atoms with Gasteiger partial charge in [-0.25, -0.2) is 23.4 Å². The highest BCUT2D eigenvalue weighted by Gasteiger charge is 2.43. The molecule has 0 unspecified atom stereocenters. The number of fused-ring (bicyclic) bond motifs is 1. The Balaban J connectivity index is 0.000000943. The molecule has 2 aromatic carbocycles. The van der Waals surface area contributed by atoms with Gasteiger partial charge in [0.15, 0.2) is 10.8 Å². The van der Waals surface area contributed by atoms with Crippen molar-refractivity contribution in [2.24, 2.45) is 4.99 Å². The second-order valence-corrected chi connectivity index (χ2v) is 14.5. The van der Waals surface area contributed by atoms with Crippen LogP contribution in [0.4, 0.5) is 19.3 Å². The maximum atomic E-state index is 15.1. The van der Waals surface area contributed by atoms with Crippen LogP contribution in [0.25, 0.3) is 0 Å². The Labute approximate surface area is 300 Å². The number of anilines is 1. The molecular formula is C32H33ClF2N6O8S2. The number of benzene rings is 2. The Hall–Kier alpha value is -4.49. The third-order valence-corrected chi connectivity index (χ3v) is 9.28. The fourth-order valence-corrected chi connectivity index (χ4v) is 6.84. The average molecular weight is 767 g/mol. The minimum atomic E-state index is -3.67. The molecule has 0 saturated carbocycles. The molecule has 3 aliphatic rings. The Morgan fingerprint density at radius 2 is 1.90 bits per heavy atom. The fraction of sp³-hybridized carbons (Fsp3) is 0.344. The number of piperazine rings is 1. The van der Waals surface area contributed by atoms with Gasteiger partial charge in [-0.1, -0.05) is 23.7 Å². The quantitative estimate of drug-likeness (QED) is 0.213. The number of ether oxygens (including phenoxy) is 1. The van der Waals surface area contributed by atoms with Crippen molar-refractivity contribution in [2.75, 3.05) is 51.0 Å². The standard InChI is InChI=1S/C31H29ClF2N6O5S.CH4O3S/c1-45-30(43)26-23(36-28(29-35-8-11-46-29)37-27(26)20-5-4-18(33)13-21(20)32)16-38-9-10-39-19(14-38)15-40(31(39)44)24-6-2-17(12-22(24)34)3-7-25(41)42;1-5(2,3)4/h2,4-6,8,11-13,19,27H,3,7,9-10,14-16H2,1H3,(H,36,37)(H,41,42);1H3,(H,2,3,4)/t19-,27-;/m0./s1. The van der Waals surface area contributed by atoms with Gasteiger partial charge >= 0.3 is 18.0 Å². The van der Waals surface area contributed by atoms with E-state index in [0.29, 0.717) is 53.6 Å². The molecule has 2 saturated heterocycles. The van der Waals surface area contributed by atoms with Crippen LogP contribution in [-0.4, -0.2) is 109 Å². The molecule has 2 atom stereocenters. The first kappa shape index (κ1) is 37.8. The summed E-state index contributed by atoms with van der Waals surface area (Å²) in [6, 6.07) is 6.87. The number of esters is 1. The van der Waals surface area contributed by atoms with Gasteiger partial charge in [0.25, 0.3) is 10.1 Å². The number of nitrogens with one attached hydrogen (secondary N) is 1. The number of aliphatic carboxylic acids is 1. The molecule has 4 heterocycles. The van der Waals surface area contributed by atoms with Crippen molar-refractivity contribution < 1.29 is 46.0 Å². The van der Waals surface area contributed by atoms with E-state index in [1.54, 1.807) is 22.5 Å². The number of hydrogen-bond acceptors (Lipinski definition) is 11. The number of amides is 2. The number of aromatic nitrogens is 1. The number of halogens is 3. The summed E-state index contributed by atoms with van der Waals surface area (Å²) in [6.45, 7) is 1.79. The minimum Gasteiger partial charge on any atom is -0.481 e.